The second kappa shape index (κ2) is 8.04. The van der Waals surface area contributed by atoms with Gasteiger partial charge < -0.3 is 24.4 Å². The molecule has 0 unspecified atom stereocenters. The highest BCUT2D eigenvalue weighted by atomic mass is 16.7. The number of anilines is 1. The minimum absolute atomic E-state index is 0.176. The van der Waals surface area contributed by atoms with Crippen molar-refractivity contribution in [3.63, 3.8) is 0 Å². The van der Waals surface area contributed by atoms with E-state index in [4.69, 9.17) is 14.2 Å². The summed E-state index contributed by atoms with van der Waals surface area (Å²) in [7, 11) is 0. The average Bonchev–Trinajstić information content (AvgIpc) is 3.43. The molecule has 1 N–H and O–H groups in total. The first-order valence-electron chi connectivity index (χ1n) is 10.3. The Hall–Kier alpha value is -2.58. The quantitative estimate of drug-likeness (QED) is 0.853. The van der Waals surface area contributed by atoms with Crippen molar-refractivity contribution in [2.24, 2.45) is 0 Å². The highest BCUT2D eigenvalue weighted by Gasteiger charge is 2.28. The Kier molecular flexibility index (Phi) is 5.12. The van der Waals surface area contributed by atoms with Crippen LogP contribution in [-0.2, 0) is 4.74 Å². The van der Waals surface area contributed by atoms with Crippen molar-refractivity contribution in [2.75, 3.05) is 38.4 Å². The number of rotatable bonds is 4. The molecule has 2 fully saturated rings. The number of piperidine rings is 1. The number of ether oxygens (including phenoxy) is 3. The molecule has 3 aliphatic heterocycles. The molecular formula is C21H26N4O4. The van der Waals surface area contributed by atoms with Gasteiger partial charge >= 0.3 is 0 Å². The van der Waals surface area contributed by atoms with Crippen molar-refractivity contribution < 1.29 is 19.0 Å². The van der Waals surface area contributed by atoms with E-state index in [2.05, 4.69) is 15.3 Å². The largest absolute Gasteiger partial charge is 0.454 e. The SMILES string of the molecule is O=C(Nc1ccnn1C1CCN(C2CCOCC2)CC1)c1ccc2c(c1)OCO2. The number of fused-ring (bicyclic) bond motifs is 1. The number of benzene rings is 1. The molecule has 0 bridgehead atoms. The maximum atomic E-state index is 12.7. The molecular weight excluding hydrogens is 372 g/mol. The van der Waals surface area contributed by atoms with E-state index in [0.29, 0.717) is 29.1 Å². The van der Waals surface area contributed by atoms with Crippen molar-refractivity contribution >= 4 is 11.7 Å². The Morgan fingerprint density at radius 3 is 2.62 bits per heavy atom. The van der Waals surface area contributed by atoms with Gasteiger partial charge in [0, 0.05) is 44.0 Å². The Morgan fingerprint density at radius 2 is 1.79 bits per heavy atom. The summed E-state index contributed by atoms with van der Waals surface area (Å²) in [5, 5.41) is 7.51. The topological polar surface area (TPSA) is 77.9 Å². The number of carbonyl (C=O) groups is 1. The fraction of sp³-hybridized carbons (Fsp3) is 0.524. The van der Waals surface area contributed by atoms with E-state index in [9.17, 15) is 4.79 Å². The Bertz CT molecular complexity index is 869. The third kappa shape index (κ3) is 3.82. The standard InChI is InChI=1S/C21H26N4O4/c26-21(15-1-2-18-19(13-15)29-14-28-18)23-20-3-8-22-25(20)17-4-9-24(10-5-17)16-6-11-27-12-7-16/h1-3,8,13,16-17H,4-7,9-12,14H2,(H,23,26). The number of likely N-dealkylation sites (tertiary alicyclic amines) is 1. The minimum atomic E-state index is -0.176. The number of carbonyl (C=O) groups excluding carboxylic acids is 1. The molecule has 2 saturated heterocycles. The van der Waals surface area contributed by atoms with Crippen LogP contribution < -0.4 is 14.8 Å². The lowest BCUT2D eigenvalue weighted by molar-refractivity contribution is 0.0214. The second-order valence-corrected chi connectivity index (χ2v) is 7.79. The van der Waals surface area contributed by atoms with E-state index in [1.54, 1.807) is 24.4 Å². The van der Waals surface area contributed by atoms with E-state index < -0.39 is 0 Å². The smallest absolute Gasteiger partial charge is 0.256 e. The summed E-state index contributed by atoms with van der Waals surface area (Å²) < 4.78 is 18.1. The summed E-state index contributed by atoms with van der Waals surface area (Å²) >= 11 is 0. The molecule has 0 atom stereocenters. The van der Waals surface area contributed by atoms with Crippen molar-refractivity contribution in [2.45, 2.75) is 37.8 Å². The van der Waals surface area contributed by atoms with Crippen LogP contribution in [0, 0.1) is 0 Å². The number of hydrogen-bond donors (Lipinski definition) is 1. The van der Waals surface area contributed by atoms with Crippen molar-refractivity contribution in [3.8, 4) is 11.5 Å². The number of aromatic nitrogens is 2. The van der Waals surface area contributed by atoms with Crippen LogP contribution >= 0.6 is 0 Å². The van der Waals surface area contributed by atoms with Crippen LogP contribution in [0.1, 0.15) is 42.1 Å². The average molecular weight is 398 g/mol. The summed E-state index contributed by atoms with van der Waals surface area (Å²) in [6.45, 7) is 4.06. The summed E-state index contributed by atoms with van der Waals surface area (Å²) in [6.07, 6.45) is 6.07. The van der Waals surface area contributed by atoms with Gasteiger partial charge in [-0.3, -0.25) is 4.79 Å². The van der Waals surface area contributed by atoms with Gasteiger partial charge in [-0.15, -0.1) is 0 Å². The van der Waals surface area contributed by atoms with Gasteiger partial charge in [0.15, 0.2) is 11.5 Å². The number of amides is 1. The first-order valence-corrected chi connectivity index (χ1v) is 10.3. The third-order valence-electron chi connectivity index (χ3n) is 6.10. The van der Waals surface area contributed by atoms with Crippen LogP contribution in [0.15, 0.2) is 30.5 Å². The van der Waals surface area contributed by atoms with Crippen molar-refractivity contribution in [3.05, 3.63) is 36.0 Å². The minimum Gasteiger partial charge on any atom is -0.454 e. The summed E-state index contributed by atoms with van der Waals surface area (Å²) in [5.74, 6) is 1.83. The van der Waals surface area contributed by atoms with Gasteiger partial charge in [0.05, 0.1) is 12.2 Å². The highest BCUT2D eigenvalue weighted by molar-refractivity contribution is 6.04. The van der Waals surface area contributed by atoms with Crippen LogP contribution in [0.2, 0.25) is 0 Å². The zero-order valence-electron chi connectivity index (χ0n) is 16.4. The van der Waals surface area contributed by atoms with Crippen LogP contribution in [0.4, 0.5) is 5.82 Å². The van der Waals surface area contributed by atoms with E-state index in [1.807, 2.05) is 10.7 Å². The molecule has 1 aromatic heterocycles. The van der Waals surface area contributed by atoms with Gasteiger partial charge in [-0.2, -0.15) is 5.10 Å². The van der Waals surface area contributed by atoms with Gasteiger partial charge in [-0.05, 0) is 43.9 Å². The number of nitrogens with zero attached hydrogens (tertiary/aromatic N) is 3. The van der Waals surface area contributed by atoms with Crippen LogP contribution in [-0.4, -0.2) is 59.7 Å². The Labute approximate surface area is 169 Å². The first kappa shape index (κ1) is 18.4. The fourth-order valence-electron chi connectivity index (χ4n) is 4.48. The molecule has 154 valence electrons. The molecule has 0 radical (unpaired) electrons. The lowest BCUT2D eigenvalue weighted by atomic mass is 10.00. The number of nitrogens with one attached hydrogen (secondary N) is 1. The second-order valence-electron chi connectivity index (χ2n) is 7.79. The van der Waals surface area contributed by atoms with Crippen LogP contribution in [0.25, 0.3) is 0 Å². The maximum absolute atomic E-state index is 12.7. The molecule has 0 saturated carbocycles. The molecule has 0 aliphatic carbocycles. The summed E-state index contributed by atoms with van der Waals surface area (Å²) in [6, 6.07) is 8.03. The lowest BCUT2D eigenvalue weighted by Gasteiger charge is -2.39. The zero-order chi connectivity index (χ0) is 19.6. The lowest BCUT2D eigenvalue weighted by Crippen LogP contribution is -2.44. The Morgan fingerprint density at radius 1 is 1.00 bits per heavy atom. The molecule has 1 aromatic carbocycles. The van der Waals surface area contributed by atoms with Crippen LogP contribution in [0.3, 0.4) is 0 Å². The fourth-order valence-corrected chi connectivity index (χ4v) is 4.48. The predicted octanol–water partition coefficient (Wildman–Crippen LogP) is 2.68. The molecule has 1 amide bonds. The van der Waals surface area contributed by atoms with Gasteiger partial charge in [0.25, 0.3) is 5.91 Å². The van der Waals surface area contributed by atoms with E-state index in [-0.39, 0.29) is 12.7 Å². The molecule has 2 aromatic rings. The maximum Gasteiger partial charge on any atom is 0.256 e. The van der Waals surface area contributed by atoms with Gasteiger partial charge in [-0.1, -0.05) is 0 Å². The van der Waals surface area contributed by atoms with E-state index in [0.717, 1.165) is 57.8 Å². The van der Waals surface area contributed by atoms with Crippen molar-refractivity contribution in [1.29, 1.82) is 0 Å². The molecule has 4 heterocycles. The normalized spacial score (nSPS) is 20.7. The van der Waals surface area contributed by atoms with Gasteiger partial charge in [0.2, 0.25) is 6.79 Å². The molecule has 5 rings (SSSR count). The van der Waals surface area contributed by atoms with Crippen LogP contribution in [0.5, 0.6) is 11.5 Å². The van der Waals surface area contributed by atoms with Gasteiger partial charge in [0.1, 0.15) is 5.82 Å². The molecule has 8 heteroatoms. The highest BCUT2D eigenvalue weighted by Crippen LogP contribution is 2.33. The van der Waals surface area contributed by atoms with Gasteiger partial charge in [-0.25, -0.2) is 4.68 Å². The Balaban J connectivity index is 1.22. The van der Waals surface area contributed by atoms with E-state index in [1.165, 1.54) is 0 Å². The summed E-state index contributed by atoms with van der Waals surface area (Å²) in [4.78, 5) is 15.3. The molecule has 29 heavy (non-hydrogen) atoms. The van der Waals surface area contributed by atoms with E-state index >= 15 is 0 Å². The van der Waals surface area contributed by atoms with Crippen molar-refractivity contribution in [1.82, 2.24) is 14.7 Å². The zero-order valence-corrected chi connectivity index (χ0v) is 16.4. The predicted molar refractivity (Wildman–Crippen MR) is 106 cm³/mol. The molecule has 3 aliphatic rings. The molecule has 0 spiro atoms. The summed E-state index contributed by atoms with van der Waals surface area (Å²) in [5.41, 5.74) is 0.538. The third-order valence-corrected chi connectivity index (χ3v) is 6.10. The number of hydrogen-bond acceptors (Lipinski definition) is 6. The monoisotopic (exact) mass is 398 g/mol. The first-order chi connectivity index (χ1) is 14.3. The molecule has 8 nitrogen and oxygen atoms in total.